The van der Waals surface area contributed by atoms with Crippen molar-refractivity contribution in [1.82, 2.24) is 14.9 Å². The molecule has 1 fully saturated rings. The average Bonchev–Trinajstić information content (AvgIpc) is 2.46. The van der Waals surface area contributed by atoms with Crippen LogP contribution in [0.25, 0.3) is 0 Å². The van der Waals surface area contributed by atoms with E-state index in [0.29, 0.717) is 6.04 Å². The Hall–Kier alpha value is -1.20. The lowest BCUT2D eigenvalue weighted by Crippen LogP contribution is -2.45. The Kier molecular flexibility index (Phi) is 5.53. The van der Waals surface area contributed by atoms with Crippen LogP contribution in [0.4, 0.5) is 5.82 Å². The maximum Gasteiger partial charge on any atom is 0.132 e. The number of likely N-dealkylation sites (N-methyl/N-ethyl adjacent to an activating group) is 1. The molecule has 5 nitrogen and oxygen atoms in total. The Morgan fingerprint density at radius 2 is 2.00 bits per heavy atom. The van der Waals surface area contributed by atoms with Crippen molar-refractivity contribution < 1.29 is 5.11 Å². The number of hydrogen-bond donors (Lipinski definition) is 1. The Balaban J connectivity index is 1.90. The monoisotopic (exact) mass is 292 g/mol. The summed E-state index contributed by atoms with van der Waals surface area (Å²) in [7, 11) is 2.12. The van der Waals surface area contributed by atoms with Gasteiger partial charge in [0.2, 0.25) is 0 Å². The van der Waals surface area contributed by atoms with Crippen molar-refractivity contribution in [2.24, 2.45) is 0 Å². The molecule has 21 heavy (non-hydrogen) atoms. The average molecular weight is 292 g/mol. The molecule has 118 valence electrons. The van der Waals surface area contributed by atoms with Crippen LogP contribution in [0.2, 0.25) is 0 Å². The van der Waals surface area contributed by atoms with Crippen LogP contribution in [0, 0.1) is 13.8 Å². The van der Waals surface area contributed by atoms with Crippen LogP contribution in [0.15, 0.2) is 6.07 Å². The highest BCUT2D eigenvalue weighted by Crippen LogP contribution is 2.21. The van der Waals surface area contributed by atoms with Gasteiger partial charge in [-0.1, -0.05) is 6.92 Å². The topological polar surface area (TPSA) is 52.5 Å². The zero-order valence-corrected chi connectivity index (χ0v) is 13.7. The van der Waals surface area contributed by atoms with E-state index in [4.69, 9.17) is 0 Å². The number of hydrogen-bond acceptors (Lipinski definition) is 5. The molecule has 1 N–H and O–H groups in total. The molecule has 1 aromatic rings. The molecule has 0 aromatic carbocycles. The zero-order chi connectivity index (χ0) is 15.4. The number of aliphatic hydroxyl groups excluding tert-OH is 1. The minimum atomic E-state index is -0.208. The quantitative estimate of drug-likeness (QED) is 0.896. The van der Waals surface area contributed by atoms with Gasteiger partial charge >= 0.3 is 0 Å². The van der Waals surface area contributed by atoms with Crippen molar-refractivity contribution in [2.75, 3.05) is 31.6 Å². The van der Waals surface area contributed by atoms with Crippen LogP contribution in [-0.4, -0.2) is 58.8 Å². The number of nitrogens with zero attached hydrogens (tertiary/aromatic N) is 4. The third-order valence-corrected chi connectivity index (χ3v) is 4.33. The molecule has 1 aliphatic heterocycles. The molecule has 1 saturated heterocycles. The first kappa shape index (κ1) is 16.2. The number of aliphatic hydroxyl groups is 1. The highest BCUT2D eigenvalue weighted by atomic mass is 16.3. The van der Waals surface area contributed by atoms with E-state index in [9.17, 15) is 5.11 Å². The summed E-state index contributed by atoms with van der Waals surface area (Å²) in [6.07, 6.45) is 2.85. The smallest absolute Gasteiger partial charge is 0.132 e. The third-order valence-electron chi connectivity index (χ3n) is 4.33. The van der Waals surface area contributed by atoms with Gasteiger partial charge in [-0.15, -0.1) is 0 Å². The number of aryl methyl sites for hydroxylation is 2. The molecule has 0 bridgehead atoms. The Morgan fingerprint density at radius 3 is 2.57 bits per heavy atom. The molecule has 5 heteroatoms. The lowest BCUT2D eigenvalue weighted by atomic mass is 10.0. The van der Waals surface area contributed by atoms with Gasteiger partial charge in [0, 0.05) is 37.4 Å². The van der Waals surface area contributed by atoms with E-state index in [1.165, 1.54) is 0 Å². The summed E-state index contributed by atoms with van der Waals surface area (Å²) >= 11 is 0. The summed E-state index contributed by atoms with van der Waals surface area (Å²) in [6.45, 7) is 8.81. The molecular formula is C16H28N4O. The van der Waals surface area contributed by atoms with Crippen molar-refractivity contribution >= 4 is 5.82 Å². The standard InChI is InChI=1S/C16H28N4O/c1-5-15(21)11-19(4)14-6-8-20(9-7-14)16-10-12(2)17-13(3)18-16/h10,14-15,21H,5-9,11H2,1-4H3. The SMILES string of the molecule is CCC(O)CN(C)C1CCN(c2cc(C)nc(C)n2)CC1. The predicted octanol–water partition coefficient (Wildman–Crippen LogP) is 1.76. The first-order valence-corrected chi connectivity index (χ1v) is 7.95. The molecule has 0 saturated carbocycles. The summed E-state index contributed by atoms with van der Waals surface area (Å²) in [5.41, 5.74) is 1.03. The van der Waals surface area contributed by atoms with Crippen LogP contribution >= 0.6 is 0 Å². The second kappa shape index (κ2) is 7.18. The summed E-state index contributed by atoms with van der Waals surface area (Å²) in [6, 6.07) is 2.63. The fourth-order valence-corrected chi connectivity index (χ4v) is 3.01. The van der Waals surface area contributed by atoms with E-state index in [0.717, 1.165) is 56.2 Å². The van der Waals surface area contributed by atoms with Crippen molar-refractivity contribution in [1.29, 1.82) is 0 Å². The molecule has 0 spiro atoms. The maximum atomic E-state index is 9.78. The Morgan fingerprint density at radius 1 is 1.33 bits per heavy atom. The maximum absolute atomic E-state index is 9.78. The summed E-state index contributed by atoms with van der Waals surface area (Å²) in [4.78, 5) is 13.5. The van der Waals surface area contributed by atoms with Crippen LogP contribution in [-0.2, 0) is 0 Å². The largest absolute Gasteiger partial charge is 0.392 e. The second-order valence-corrected chi connectivity index (χ2v) is 6.13. The van der Waals surface area contributed by atoms with E-state index in [1.54, 1.807) is 0 Å². The Labute approximate surface area is 128 Å². The molecule has 0 radical (unpaired) electrons. The van der Waals surface area contributed by atoms with Gasteiger partial charge in [-0.25, -0.2) is 9.97 Å². The summed E-state index contributed by atoms with van der Waals surface area (Å²) in [5.74, 6) is 1.89. The van der Waals surface area contributed by atoms with Crippen LogP contribution < -0.4 is 4.90 Å². The normalized spacial score (nSPS) is 18.3. The van der Waals surface area contributed by atoms with Crippen LogP contribution in [0.3, 0.4) is 0 Å². The summed E-state index contributed by atoms with van der Waals surface area (Å²) in [5, 5.41) is 9.78. The van der Waals surface area contributed by atoms with Gasteiger partial charge in [-0.2, -0.15) is 0 Å². The molecular weight excluding hydrogens is 264 g/mol. The minimum Gasteiger partial charge on any atom is -0.392 e. The molecule has 1 unspecified atom stereocenters. The number of anilines is 1. The lowest BCUT2D eigenvalue weighted by molar-refractivity contribution is 0.0931. The fraction of sp³-hybridized carbons (Fsp3) is 0.750. The Bertz CT molecular complexity index is 437. The first-order valence-electron chi connectivity index (χ1n) is 7.95. The zero-order valence-electron chi connectivity index (χ0n) is 13.7. The highest BCUT2D eigenvalue weighted by Gasteiger charge is 2.24. The fourth-order valence-electron chi connectivity index (χ4n) is 3.01. The number of piperidine rings is 1. The molecule has 1 aliphatic rings. The first-order chi connectivity index (χ1) is 9.99. The van der Waals surface area contributed by atoms with Crippen molar-refractivity contribution in [3.63, 3.8) is 0 Å². The van der Waals surface area contributed by atoms with E-state index in [2.05, 4.69) is 32.9 Å². The van der Waals surface area contributed by atoms with Crippen molar-refractivity contribution in [3.8, 4) is 0 Å². The minimum absolute atomic E-state index is 0.208. The van der Waals surface area contributed by atoms with Gasteiger partial charge in [0.1, 0.15) is 11.6 Å². The summed E-state index contributed by atoms with van der Waals surface area (Å²) < 4.78 is 0. The molecule has 2 rings (SSSR count). The van der Waals surface area contributed by atoms with Crippen molar-refractivity contribution in [2.45, 2.75) is 52.2 Å². The van der Waals surface area contributed by atoms with Crippen LogP contribution in [0.5, 0.6) is 0 Å². The highest BCUT2D eigenvalue weighted by molar-refractivity contribution is 5.40. The van der Waals surface area contributed by atoms with Crippen molar-refractivity contribution in [3.05, 3.63) is 17.6 Å². The molecule has 1 atom stereocenters. The molecule has 2 heterocycles. The van der Waals surface area contributed by atoms with Gasteiger partial charge < -0.3 is 14.9 Å². The van der Waals surface area contributed by atoms with Gasteiger partial charge in [0.05, 0.1) is 6.10 Å². The van der Waals surface area contributed by atoms with E-state index in [-0.39, 0.29) is 6.10 Å². The number of rotatable bonds is 5. The van der Waals surface area contributed by atoms with E-state index >= 15 is 0 Å². The van der Waals surface area contributed by atoms with Gasteiger partial charge in [-0.05, 0) is 40.2 Å². The van der Waals surface area contributed by atoms with Gasteiger partial charge in [-0.3, -0.25) is 0 Å². The molecule has 1 aromatic heterocycles. The third kappa shape index (κ3) is 4.38. The molecule has 0 amide bonds. The van der Waals surface area contributed by atoms with Gasteiger partial charge in [0.25, 0.3) is 0 Å². The van der Waals surface area contributed by atoms with Gasteiger partial charge in [0.15, 0.2) is 0 Å². The van der Waals surface area contributed by atoms with E-state index < -0.39 is 0 Å². The lowest BCUT2D eigenvalue weighted by Gasteiger charge is -2.38. The second-order valence-electron chi connectivity index (χ2n) is 6.13. The predicted molar refractivity (Wildman–Crippen MR) is 85.7 cm³/mol. The van der Waals surface area contributed by atoms with E-state index in [1.807, 2.05) is 20.8 Å². The van der Waals surface area contributed by atoms with Crippen LogP contribution in [0.1, 0.15) is 37.7 Å². The number of aromatic nitrogens is 2. The molecule has 0 aliphatic carbocycles.